The molecule has 5 nitrogen and oxygen atoms in total. The molecule has 1 fully saturated rings. The normalized spacial score (nSPS) is 15.9. The quantitative estimate of drug-likeness (QED) is 0.569. The Kier molecular flexibility index (Phi) is 6.68. The smallest absolute Gasteiger partial charge is 0.253 e. The molecule has 1 aliphatic rings. The Balaban J connectivity index is 1.59. The fraction of sp³-hybridized carbons (Fsp3) is 0.360. The van der Waals surface area contributed by atoms with E-state index in [1.54, 1.807) is 0 Å². The number of rotatable bonds is 6. The highest BCUT2D eigenvalue weighted by Gasteiger charge is 2.18. The van der Waals surface area contributed by atoms with Crippen LogP contribution in [0.4, 0.5) is 0 Å². The predicted molar refractivity (Wildman–Crippen MR) is 129 cm³/mol. The van der Waals surface area contributed by atoms with Gasteiger partial charge < -0.3 is 19.9 Å². The van der Waals surface area contributed by atoms with E-state index in [4.69, 9.17) is 17.0 Å². The SMILES string of the molecule is Cc1cc(C)c2cc(CN(Cc3ccccc3)C(=S)NCC3CCCO3)c(=O)[nH]c2c1. The average Bonchev–Trinajstić information content (AvgIpc) is 3.27. The molecule has 0 spiro atoms. The fourth-order valence-electron chi connectivity index (χ4n) is 4.16. The Morgan fingerprint density at radius 1 is 1.19 bits per heavy atom. The first kappa shape index (κ1) is 21.5. The number of ether oxygens (including phenoxy) is 1. The number of aryl methyl sites for hydroxylation is 2. The van der Waals surface area contributed by atoms with Gasteiger partial charge in [-0.05, 0) is 67.7 Å². The second-order valence-electron chi connectivity index (χ2n) is 8.33. The molecule has 0 aliphatic carbocycles. The van der Waals surface area contributed by atoms with E-state index in [1.165, 1.54) is 0 Å². The minimum atomic E-state index is -0.0718. The van der Waals surface area contributed by atoms with Crippen LogP contribution in [-0.4, -0.2) is 34.3 Å². The van der Waals surface area contributed by atoms with E-state index in [-0.39, 0.29) is 11.7 Å². The summed E-state index contributed by atoms with van der Waals surface area (Å²) in [6.45, 7) is 6.69. The van der Waals surface area contributed by atoms with Crippen molar-refractivity contribution in [1.82, 2.24) is 15.2 Å². The minimum Gasteiger partial charge on any atom is -0.376 e. The molecule has 31 heavy (non-hydrogen) atoms. The summed E-state index contributed by atoms with van der Waals surface area (Å²) >= 11 is 5.74. The summed E-state index contributed by atoms with van der Waals surface area (Å²) in [5.74, 6) is 0. The number of hydrogen-bond donors (Lipinski definition) is 2. The van der Waals surface area contributed by atoms with Gasteiger partial charge in [0.2, 0.25) is 0 Å². The molecule has 6 heteroatoms. The molecule has 1 saturated heterocycles. The summed E-state index contributed by atoms with van der Waals surface area (Å²) in [5.41, 5.74) is 4.95. The van der Waals surface area contributed by atoms with E-state index in [2.05, 4.69) is 40.3 Å². The lowest BCUT2D eigenvalue weighted by atomic mass is 10.0. The van der Waals surface area contributed by atoms with Crippen molar-refractivity contribution in [2.45, 2.75) is 45.9 Å². The van der Waals surface area contributed by atoms with Crippen molar-refractivity contribution >= 4 is 28.2 Å². The highest BCUT2D eigenvalue weighted by atomic mass is 32.1. The minimum absolute atomic E-state index is 0.0718. The van der Waals surface area contributed by atoms with Crippen molar-refractivity contribution in [3.8, 4) is 0 Å². The van der Waals surface area contributed by atoms with Crippen molar-refractivity contribution in [3.05, 3.63) is 81.1 Å². The van der Waals surface area contributed by atoms with Gasteiger partial charge in [0.05, 0.1) is 12.6 Å². The van der Waals surface area contributed by atoms with Crippen LogP contribution in [0.15, 0.2) is 53.3 Å². The monoisotopic (exact) mass is 435 g/mol. The van der Waals surface area contributed by atoms with Gasteiger partial charge in [0.25, 0.3) is 5.56 Å². The van der Waals surface area contributed by atoms with Crippen LogP contribution >= 0.6 is 12.2 Å². The molecule has 2 heterocycles. The molecule has 1 unspecified atom stereocenters. The first-order valence-corrected chi connectivity index (χ1v) is 11.2. The average molecular weight is 436 g/mol. The van der Waals surface area contributed by atoms with Gasteiger partial charge in [0, 0.05) is 36.2 Å². The Bertz CT molecular complexity index is 1120. The Labute approximate surface area is 188 Å². The van der Waals surface area contributed by atoms with Crippen LogP contribution in [0, 0.1) is 13.8 Å². The maximum atomic E-state index is 12.9. The summed E-state index contributed by atoms with van der Waals surface area (Å²) in [6.07, 6.45) is 2.35. The number of thiocarbonyl (C=S) groups is 1. The highest BCUT2D eigenvalue weighted by molar-refractivity contribution is 7.80. The van der Waals surface area contributed by atoms with Gasteiger partial charge in [-0.1, -0.05) is 36.4 Å². The summed E-state index contributed by atoms with van der Waals surface area (Å²) in [6, 6.07) is 16.4. The lowest BCUT2D eigenvalue weighted by Gasteiger charge is -2.27. The van der Waals surface area contributed by atoms with Gasteiger partial charge in [-0.25, -0.2) is 0 Å². The maximum Gasteiger partial charge on any atom is 0.253 e. The Morgan fingerprint density at radius 2 is 2.00 bits per heavy atom. The molecule has 1 aromatic heterocycles. The van der Waals surface area contributed by atoms with E-state index < -0.39 is 0 Å². The lowest BCUT2D eigenvalue weighted by molar-refractivity contribution is 0.113. The number of pyridine rings is 1. The third-order valence-electron chi connectivity index (χ3n) is 5.76. The number of nitrogens with zero attached hydrogens (tertiary/aromatic N) is 1. The number of fused-ring (bicyclic) bond motifs is 1. The molecule has 0 saturated carbocycles. The summed E-state index contributed by atoms with van der Waals surface area (Å²) in [5, 5.41) is 5.07. The number of H-pyrrole nitrogens is 1. The zero-order valence-corrected chi connectivity index (χ0v) is 18.9. The van der Waals surface area contributed by atoms with E-state index in [0.717, 1.165) is 47.0 Å². The van der Waals surface area contributed by atoms with Gasteiger partial charge in [-0.2, -0.15) is 0 Å². The predicted octanol–water partition coefficient (Wildman–Crippen LogP) is 4.20. The van der Waals surface area contributed by atoms with Crippen molar-refractivity contribution in [1.29, 1.82) is 0 Å². The second kappa shape index (κ2) is 9.62. The zero-order valence-electron chi connectivity index (χ0n) is 18.1. The first-order chi connectivity index (χ1) is 15.0. The van der Waals surface area contributed by atoms with Crippen molar-refractivity contribution < 1.29 is 4.74 Å². The third-order valence-corrected chi connectivity index (χ3v) is 6.16. The molecule has 1 atom stereocenters. The number of aromatic nitrogens is 1. The van der Waals surface area contributed by atoms with Crippen LogP contribution in [0.1, 0.15) is 35.1 Å². The lowest BCUT2D eigenvalue weighted by Crippen LogP contribution is -2.42. The van der Waals surface area contributed by atoms with Gasteiger partial charge in [0.1, 0.15) is 0 Å². The van der Waals surface area contributed by atoms with Crippen LogP contribution in [0.3, 0.4) is 0 Å². The Morgan fingerprint density at radius 3 is 2.74 bits per heavy atom. The topological polar surface area (TPSA) is 57.4 Å². The van der Waals surface area contributed by atoms with Gasteiger partial charge >= 0.3 is 0 Å². The number of nitrogens with one attached hydrogen (secondary N) is 2. The van der Waals surface area contributed by atoms with Gasteiger partial charge in [0.15, 0.2) is 5.11 Å². The third kappa shape index (κ3) is 5.32. The molecule has 2 aromatic carbocycles. The van der Waals surface area contributed by atoms with E-state index in [1.807, 2.05) is 37.3 Å². The first-order valence-electron chi connectivity index (χ1n) is 10.8. The molecule has 162 valence electrons. The second-order valence-corrected chi connectivity index (χ2v) is 8.72. The molecule has 2 N–H and O–H groups in total. The molecular weight excluding hydrogens is 406 g/mol. The molecule has 1 aliphatic heterocycles. The summed E-state index contributed by atoms with van der Waals surface area (Å²) in [4.78, 5) is 18.0. The van der Waals surface area contributed by atoms with Gasteiger partial charge in [-0.3, -0.25) is 4.79 Å². The summed E-state index contributed by atoms with van der Waals surface area (Å²) in [7, 11) is 0. The molecular formula is C25H29N3O2S. The number of aromatic amines is 1. The molecule has 4 rings (SSSR count). The molecule has 0 amide bonds. The van der Waals surface area contributed by atoms with E-state index >= 15 is 0 Å². The standard InChI is InChI=1S/C25H29N3O2S/c1-17-11-18(2)22-13-20(24(29)27-23(22)12-17)16-28(15-19-7-4-3-5-8-19)25(31)26-14-21-9-6-10-30-21/h3-5,7-8,11-13,21H,6,9-10,14-16H2,1-2H3,(H,26,31)(H,27,29). The highest BCUT2D eigenvalue weighted by Crippen LogP contribution is 2.19. The van der Waals surface area contributed by atoms with Crippen molar-refractivity contribution in [3.63, 3.8) is 0 Å². The maximum absolute atomic E-state index is 12.9. The van der Waals surface area contributed by atoms with E-state index in [0.29, 0.717) is 30.3 Å². The van der Waals surface area contributed by atoms with Crippen LogP contribution in [0.2, 0.25) is 0 Å². The van der Waals surface area contributed by atoms with Crippen LogP contribution in [-0.2, 0) is 17.8 Å². The number of benzene rings is 2. The largest absolute Gasteiger partial charge is 0.376 e. The zero-order chi connectivity index (χ0) is 21.8. The molecule has 0 radical (unpaired) electrons. The number of hydrogen-bond acceptors (Lipinski definition) is 3. The molecule has 3 aromatic rings. The van der Waals surface area contributed by atoms with Crippen molar-refractivity contribution in [2.24, 2.45) is 0 Å². The Hall–Kier alpha value is -2.70. The van der Waals surface area contributed by atoms with Crippen molar-refractivity contribution in [2.75, 3.05) is 13.2 Å². The van der Waals surface area contributed by atoms with Crippen LogP contribution in [0.25, 0.3) is 10.9 Å². The fourth-order valence-corrected chi connectivity index (χ4v) is 4.37. The van der Waals surface area contributed by atoms with E-state index in [9.17, 15) is 4.79 Å². The van der Waals surface area contributed by atoms with Gasteiger partial charge in [-0.15, -0.1) is 0 Å². The van der Waals surface area contributed by atoms with Crippen LogP contribution in [0.5, 0.6) is 0 Å². The van der Waals surface area contributed by atoms with Crippen LogP contribution < -0.4 is 10.9 Å². The molecule has 0 bridgehead atoms. The summed E-state index contributed by atoms with van der Waals surface area (Å²) < 4.78 is 5.71.